The molecule has 4 heteroatoms. The summed E-state index contributed by atoms with van der Waals surface area (Å²) in [6.45, 7) is 4.36. The zero-order chi connectivity index (χ0) is 16.0. The first-order valence-electron chi connectivity index (χ1n) is 8.72. The van der Waals surface area contributed by atoms with Crippen molar-refractivity contribution in [2.75, 3.05) is 19.6 Å². The van der Waals surface area contributed by atoms with E-state index in [-0.39, 0.29) is 23.1 Å². The van der Waals surface area contributed by atoms with E-state index >= 15 is 0 Å². The quantitative estimate of drug-likeness (QED) is 0.798. The van der Waals surface area contributed by atoms with Gasteiger partial charge in [-0.2, -0.15) is 0 Å². The fourth-order valence-corrected chi connectivity index (χ4v) is 4.67. The maximum Gasteiger partial charge on any atom is 0.229 e. The molecule has 0 bridgehead atoms. The Morgan fingerprint density at radius 2 is 1.78 bits per heavy atom. The molecule has 0 aromatic heterocycles. The molecule has 2 amide bonds. The van der Waals surface area contributed by atoms with Gasteiger partial charge in [0.2, 0.25) is 11.8 Å². The molecule has 1 aromatic rings. The Hall–Kier alpha value is -1.84. The zero-order valence-electron chi connectivity index (χ0n) is 13.8. The third kappa shape index (κ3) is 2.35. The van der Waals surface area contributed by atoms with E-state index in [0.717, 1.165) is 13.1 Å². The van der Waals surface area contributed by atoms with Crippen molar-refractivity contribution in [3.05, 3.63) is 35.4 Å². The van der Waals surface area contributed by atoms with Crippen molar-refractivity contribution >= 4 is 11.8 Å². The van der Waals surface area contributed by atoms with Crippen LogP contribution in [0.2, 0.25) is 0 Å². The smallest absolute Gasteiger partial charge is 0.229 e. The average molecular weight is 312 g/mol. The van der Waals surface area contributed by atoms with Crippen LogP contribution in [0.3, 0.4) is 0 Å². The monoisotopic (exact) mass is 312 g/mol. The number of carbonyl (C=O) groups is 2. The predicted molar refractivity (Wildman–Crippen MR) is 87.7 cm³/mol. The molecule has 0 atom stereocenters. The molecule has 4 nitrogen and oxygen atoms in total. The average Bonchev–Trinajstić information content (AvgIpc) is 2.94. The molecule has 2 aliphatic heterocycles. The van der Waals surface area contributed by atoms with Crippen LogP contribution in [-0.4, -0.2) is 41.2 Å². The molecule has 3 aliphatic rings. The summed E-state index contributed by atoms with van der Waals surface area (Å²) < 4.78 is 0. The minimum absolute atomic E-state index is 0.00242. The van der Waals surface area contributed by atoms with Gasteiger partial charge in [-0.15, -0.1) is 0 Å². The second-order valence-electron chi connectivity index (χ2n) is 7.46. The van der Waals surface area contributed by atoms with Gasteiger partial charge in [0.05, 0.1) is 5.92 Å². The summed E-state index contributed by atoms with van der Waals surface area (Å²) in [7, 11) is 0. The molecule has 0 radical (unpaired) electrons. The number of benzene rings is 1. The van der Waals surface area contributed by atoms with Crippen LogP contribution in [0.25, 0.3) is 0 Å². The first-order valence-corrected chi connectivity index (χ1v) is 8.72. The Morgan fingerprint density at radius 3 is 2.48 bits per heavy atom. The van der Waals surface area contributed by atoms with Crippen LogP contribution in [0.15, 0.2) is 24.3 Å². The number of fused-ring (bicyclic) bond motifs is 2. The van der Waals surface area contributed by atoms with Gasteiger partial charge in [0, 0.05) is 38.5 Å². The van der Waals surface area contributed by atoms with Crippen molar-refractivity contribution in [3.63, 3.8) is 0 Å². The number of rotatable bonds is 1. The summed E-state index contributed by atoms with van der Waals surface area (Å²) in [6, 6.07) is 8.66. The molecule has 1 spiro atoms. The van der Waals surface area contributed by atoms with Crippen molar-refractivity contribution < 1.29 is 9.59 Å². The third-order valence-electron chi connectivity index (χ3n) is 5.99. The van der Waals surface area contributed by atoms with E-state index in [0.29, 0.717) is 13.1 Å². The molecule has 1 saturated carbocycles. The molecule has 1 saturated heterocycles. The minimum atomic E-state index is 0.00242. The number of nitrogens with zero attached hydrogens (tertiary/aromatic N) is 2. The van der Waals surface area contributed by atoms with Gasteiger partial charge >= 0.3 is 0 Å². The topological polar surface area (TPSA) is 40.6 Å². The second kappa shape index (κ2) is 5.36. The molecule has 2 fully saturated rings. The van der Waals surface area contributed by atoms with Crippen LogP contribution >= 0.6 is 0 Å². The minimum Gasteiger partial charge on any atom is -0.341 e. The largest absolute Gasteiger partial charge is 0.341 e. The standard InChI is InChI=1S/C19H24N2O2/c1-14(22)20-11-16(12-20)18(23)21-10-15-6-2-3-7-17(15)19(13-21)8-4-5-9-19/h2-3,6-7,16H,4-5,8-13H2,1H3. The zero-order valence-corrected chi connectivity index (χ0v) is 13.8. The number of amides is 2. The van der Waals surface area contributed by atoms with Gasteiger partial charge in [-0.25, -0.2) is 0 Å². The predicted octanol–water partition coefficient (Wildman–Crippen LogP) is 2.32. The maximum absolute atomic E-state index is 12.9. The van der Waals surface area contributed by atoms with E-state index in [1.165, 1.54) is 36.8 Å². The second-order valence-corrected chi connectivity index (χ2v) is 7.46. The SMILES string of the molecule is CC(=O)N1CC(C(=O)N2Cc3ccccc3C3(CCCC3)C2)C1. The first-order chi connectivity index (χ1) is 11.1. The van der Waals surface area contributed by atoms with Crippen LogP contribution in [0.1, 0.15) is 43.7 Å². The third-order valence-corrected chi connectivity index (χ3v) is 5.99. The molecule has 4 rings (SSSR count). The van der Waals surface area contributed by atoms with Crippen molar-refractivity contribution in [3.8, 4) is 0 Å². The van der Waals surface area contributed by atoms with Crippen molar-refractivity contribution in [2.24, 2.45) is 5.92 Å². The molecule has 1 aliphatic carbocycles. The highest BCUT2D eigenvalue weighted by Crippen LogP contribution is 2.46. The summed E-state index contributed by atoms with van der Waals surface area (Å²) in [5.74, 6) is 0.316. The van der Waals surface area contributed by atoms with Gasteiger partial charge in [-0.05, 0) is 24.0 Å². The molecule has 2 heterocycles. The first kappa shape index (κ1) is 14.7. The van der Waals surface area contributed by atoms with Gasteiger partial charge in [-0.3, -0.25) is 9.59 Å². The van der Waals surface area contributed by atoms with Crippen LogP contribution in [0.5, 0.6) is 0 Å². The van der Waals surface area contributed by atoms with Crippen LogP contribution in [0.4, 0.5) is 0 Å². The Morgan fingerprint density at radius 1 is 1.09 bits per heavy atom. The van der Waals surface area contributed by atoms with E-state index in [2.05, 4.69) is 29.2 Å². The van der Waals surface area contributed by atoms with Gasteiger partial charge in [0.15, 0.2) is 0 Å². The molecule has 122 valence electrons. The van der Waals surface area contributed by atoms with Crippen LogP contribution in [-0.2, 0) is 21.5 Å². The number of carbonyl (C=O) groups excluding carboxylic acids is 2. The molecule has 1 aromatic carbocycles. The Balaban J connectivity index is 1.56. The maximum atomic E-state index is 12.9. The van der Waals surface area contributed by atoms with E-state index < -0.39 is 0 Å². The lowest BCUT2D eigenvalue weighted by Crippen LogP contribution is -2.58. The van der Waals surface area contributed by atoms with Crippen LogP contribution in [0, 0.1) is 5.92 Å². The molecular weight excluding hydrogens is 288 g/mol. The number of likely N-dealkylation sites (tertiary alicyclic amines) is 1. The van der Waals surface area contributed by atoms with Crippen molar-refractivity contribution in [2.45, 2.75) is 44.6 Å². The van der Waals surface area contributed by atoms with E-state index in [4.69, 9.17) is 0 Å². The van der Waals surface area contributed by atoms with E-state index in [1.807, 2.05) is 0 Å². The fraction of sp³-hybridized carbons (Fsp3) is 0.579. The summed E-state index contributed by atoms with van der Waals surface area (Å²) in [4.78, 5) is 28.0. The van der Waals surface area contributed by atoms with Gasteiger partial charge in [-0.1, -0.05) is 37.1 Å². The number of hydrogen-bond donors (Lipinski definition) is 0. The van der Waals surface area contributed by atoms with Gasteiger partial charge in [0.25, 0.3) is 0 Å². The fourth-order valence-electron chi connectivity index (χ4n) is 4.67. The van der Waals surface area contributed by atoms with E-state index in [9.17, 15) is 9.59 Å². The van der Waals surface area contributed by atoms with E-state index in [1.54, 1.807) is 11.8 Å². The lowest BCUT2D eigenvalue weighted by Gasteiger charge is -2.46. The van der Waals surface area contributed by atoms with Crippen molar-refractivity contribution in [1.82, 2.24) is 9.80 Å². The van der Waals surface area contributed by atoms with Crippen LogP contribution < -0.4 is 0 Å². The molecular formula is C19H24N2O2. The summed E-state index contributed by atoms with van der Waals surface area (Å²) >= 11 is 0. The number of hydrogen-bond acceptors (Lipinski definition) is 2. The molecule has 0 unspecified atom stereocenters. The Labute approximate surface area is 137 Å². The molecule has 0 N–H and O–H groups in total. The highest BCUT2D eigenvalue weighted by Gasteiger charge is 2.45. The summed E-state index contributed by atoms with van der Waals surface area (Å²) in [6.07, 6.45) is 4.91. The van der Waals surface area contributed by atoms with Crippen molar-refractivity contribution in [1.29, 1.82) is 0 Å². The Bertz CT molecular complexity index is 643. The van der Waals surface area contributed by atoms with Gasteiger partial charge < -0.3 is 9.80 Å². The normalized spacial score (nSPS) is 22.8. The lowest BCUT2D eigenvalue weighted by atomic mass is 9.73. The summed E-state index contributed by atoms with van der Waals surface area (Å²) in [5.41, 5.74) is 2.96. The van der Waals surface area contributed by atoms with Gasteiger partial charge in [0.1, 0.15) is 0 Å². The Kier molecular flexibility index (Phi) is 3.43. The molecule has 23 heavy (non-hydrogen) atoms. The lowest BCUT2D eigenvalue weighted by molar-refractivity contribution is -0.148. The highest BCUT2D eigenvalue weighted by atomic mass is 16.2. The summed E-state index contributed by atoms with van der Waals surface area (Å²) in [5, 5.41) is 0. The highest BCUT2D eigenvalue weighted by molar-refractivity contribution is 5.84.